The van der Waals surface area contributed by atoms with Crippen LogP contribution in [0.3, 0.4) is 0 Å². The highest BCUT2D eigenvalue weighted by molar-refractivity contribution is 7.23. The third-order valence-corrected chi connectivity index (χ3v) is 3.41. The Morgan fingerprint density at radius 1 is 1.31 bits per heavy atom. The molecule has 4 heteroatoms. The number of thiophene rings is 1. The van der Waals surface area contributed by atoms with Gasteiger partial charge in [-0.15, -0.1) is 22.9 Å². The fourth-order valence-electron chi connectivity index (χ4n) is 1.35. The van der Waals surface area contributed by atoms with Crippen molar-refractivity contribution in [3.63, 3.8) is 0 Å². The van der Waals surface area contributed by atoms with E-state index in [1.807, 2.05) is 18.2 Å². The van der Waals surface area contributed by atoms with Gasteiger partial charge in [0.25, 0.3) is 0 Å². The predicted molar refractivity (Wildman–Crippen MR) is 60.2 cm³/mol. The minimum Gasteiger partial charge on any atom is -0.398 e. The van der Waals surface area contributed by atoms with Crippen LogP contribution >= 0.6 is 22.9 Å². The highest BCUT2D eigenvalue weighted by atomic mass is 35.5. The number of halogens is 1. The van der Waals surface area contributed by atoms with Crippen LogP contribution in [0.15, 0.2) is 18.2 Å². The number of alkyl halides is 1. The lowest BCUT2D eigenvalue weighted by Crippen LogP contribution is -1.85. The molecule has 0 spiro atoms. The molecule has 0 radical (unpaired) electrons. The Labute approximate surface area is 85.1 Å². The summed E-state index contributed by atoms with van der Waals surface area (Å²) in [6.07, 6.45) is 0. The van der Waals surface area contributed by atoms with E-state index in [4.69, 9.17) is 23.1 Å². The van der Waals surface area contributed by atoms with Crippen LogP contribution in [0, 0.1) is 0 Å². The molecule has 2 nitrogen and oxygen atoms in total. The van der Waals surface area contributed by atoms with Gasteiger partial charge in [0.1, 0.15) is 0 Å². The molecule has 2 aromatic rings. The fraction of sp³-hybridized carbons (Fsp3) is 0.111. The normalized spacial score (nSPS) is 10.8. The lowest BCUT2D eigenvalue weighted by atomic mass is 10.2. The predicted octanol–water partition coefficient (Wildman–Crippen LogP) is 2.80. The molecule has 0 saturated heterocycles. The van der Waals surface area contributed by atoms with E-state index >= 15 is 0 Å². The first-order valence-corrected chi connectivity index (χ1v) is 5.20. The maximum absolute atomic E-state index is 5.81. The average molecular weight is 213 g/mol. The highest BCUT2D eigenvalue weighted by Gasteiger charge is 2.09. The summed E-state index contributed by atoms with van der Waals surface area (Å²) in [7, 11) is 0. The van der Waals surface area contributed by atoms with Crippen LogP contribution in [0.5, 0.6) is 0 Å². The van der Waals surface area contributed by atoms with Crippen molar-refractivity contribution in [1.82, 2.24) is 0 Å². The molecule has 1 aromatic heterocycles. The van der Waals surface area contributed by atoms with Crippen molar-refractivity contribution in [2.24, 2.45) is 0 Å². The quantitative estimate of drug-likeness (QED) is 0.564. The standard InChI is InChI=1S/C9H9ClN2S/c10-4-6-5-2-1-3-7(11)8(5)13-9(6)12/h1-3H,4,11-12H2. The zero-order chi connectivity index (χ0) is 9.42. The Hall–Kier alpha value is -0.930. The molecule has 0 fully saturated rings. The maximum Gasteiger partial charge on any atom is 0.0914 e. The molecule has 0 bridgehead atoms. The maximum atomic E-state index is 5.81. The van der Waals surface area contributed by atoms with Crippen molar-refractivity contribution in [3.8, 4) is 0 Å². The van der Waals surface area contributed by atoms with Crippen LogP contribution < -0.4 is 11.5 Å². The molecule has 2 rings (SSSR count). The molecular weight excluding hydrogens is 204 g/mol. The molecule has 0 amide bonds. The molecule has 4 N–H and O–H groups in total. The van der Waals surface area contributed by atoms with Crippen molar-refractivity contribution < 1.29 is 0 Å². The summed E-state index contributed by atoms with van der Waals surface area (Å²) in [4.78, 5) is 0. The minimum atomic E-state index is 0.440. The number of benzene rings is 1. The van der Waals surface area contributed by atoms with Gasteiger partial charge in [0.15, 0.2) is 0 Å². The smallest absolute Gasteiger partial charge is 0.0914 e. The second-order valence-electron chi connectivity index (χ2n) is 2.80. The lowest BCUT2D eigenvalue weighted by Gasteiger charge is -1.95. The average Bonchev–Trinajstić information content (AvgIpc) is 2.43. The third kappa shape index (κ3) is 1.24. The third-order valence-electron chi connectivity index (χ3n) is 2.01. The summed E-state index contributed by atoms with van der Waals surface area (Å²) in [5.41, 5.74) is 13.4. The number of nitrogens with two attached hydrogens (primary N) is 2. The van der Waals surface area contributed by atoms with Gasteiger partial charge in [-0.3, -0.25) is 0 Å². The zero-order valence-corrected chi connectivity index (χ0v) is 8.45. The van der Waals surface area contributed by atoms with Gasteiger partial charge in [-0.2, -0.15) is 0 Å². The molecule has 1 heterocycles. The lowest BCUT2D eigenvalue weighted by molar-refractivity contribution is 1.50. The molecule has 68 valence electrons. The molecule has 13 heavy (non-hydrogen) atoms. The molecule has 0 aliphatic heterocycles. The first-order chi connectivity index (χ1) is 6.24. The number of hydrogen-bond acceptors (Lipinski definition) is 3. The van der Waals surface area contributed by atoms with Gasteiger partial charge in [-0.1, -0.05) is 12.1 Å². The summed E-state index contributed by atoms with van der Waals surface area (Å²) in [6.45, 7) is 0. The van der Waals surface area contributed by atoms with E-state index in [9.17, 15) is 0 Å². The second-order valence-corrected chi connectivity index (χ2v) is 4.12. The SMILES string of the molecule is Nc1sc2c(N)cccc2c1CCl. The van der Waals surface area contributed by atoms with Gasteiger partial charge in [0.2, 0.25) is 0 Å². The summed E-state index contributed by atoms with van der Waals surface area (Å²) in [5, 5.41) is 1.85. The van der Waals surface area contributed by atoms with Crippen LogP contribution in [-0.2, 0) is 5.88 Å². The Kier molecular flexibility index (Phi) is 2.06. The van der Waals surface area contributed by atoms with Gasteiger partial charge < -0.3 is 11.5 Å². The number of fused-ring (bicyclic) bond motifs is 1. The van der Waals surface area contributed by atoms with Gasteiger partial charge in [-0.05, 0) is 6.07 Å². The highest BCUT2D eigenvalue weighted by Crippen LogP contribution is 2.37. The van der Waals surface area contributed by atoms with E-state index < -0.39 is 0 Å². The fourth-order valence-corrected chi connectivity index (χ4v) is 2.73. The summed E-state index contributed by atoms with van der Waals surface area (Å²) in [6, 6.07) is 5.78. The minimum absolute atomic E-state index is 0.440. The summed E-state index contributed by atoms with van der Waals surface area (Å²) >= 11 is 7.29. The van der Waals surface area contributed by atoms with Crippen LogP contribution in [0.1, 0.15) is 5.56 Å². The number of hydrogen-bond donors (Lipinski definition) is 2. The van der Waals surface area contributed by atoms with Gasteiger partial charge in [0.05, 0.1) is 15.6 Å². The van der Waals surface area contributed by atoms with E-state index in [2.05, 4.69) is 0 Å². The Bertz CT molecular complexity index is 450. The molecule has 0 aliphatic carbocycles. The zero-order valence-electron chi connectivity index (χ0n) is 6.88. The van der Waals surface area contributed by atoms with E-state index in [1.165, 1.54) is 11.3 Å². The molecule has 1 aromatic carbocycles. The number of nitrogen functional groups attached to an aromatic ring is 2. The number of rotatable bonds is 1. The molecule has 0 aliphatic rings. The van der Waals surface area contributed by atoms with Crippen molar-refractivity contribution >= 4 is 43.7 Å². The van der Waals surface area contributed by atoms with E-state index in [1.54, 1.807) is 0 Å². The van der Waals surface area contributed by atoms with Crippen molar-refractivity contribution in [1.29, 1.82) is 0 Å². The molecule has 0 atom stereocenters. The number of anilines is 2. The van der Waals surface area contributed by atoms with Gasteiger partial charge in [-0.25, -0.2) is 0 Å². The molecular formula is C9H9ClN2S. The second kappa shape index (κ2) is 3.09. The van der Waals surface area contributed by atoms with Gasteiger partial charge >= 0.3 is 0 Å². The Morgan fingerprint density at radius 2 is 2.08 bits per heavy atom. The molecule has 0 unspecified atom stereocenters. The van der Waals surface area contributed by atoms with Gasteiger partial charge in [0, 0.05) is 16.6 Å². The first kappa shape index (κ1) is 8.66. The Morgan fingerprint density at radius 3 is 2.77 bits per heavy atom. The van der Waals surface area contributed by atoms with E-state index in [-0.39, 0.29) is 0 Å². The van der Waals surface area contributed by atoms with E-state index in [0.29, 0.717) is 5.88 Å². The summed E-state index contributed by atoms with van der Waals surface area (Å²) < 4.78 is 1.04. The monoisotopic (exact) mass is 212 g/mol. The van der Waals surface area contributed by atoms with Crippen LogP contribution in [0.25, 0.3) is 10.1 Å². The van der Waals surface area contributed by atoms with Crippen LogP contribution in [0.2, 0.25) is 0 Å². The van der Waals surface area contributed by atoms with E-state index in [0.717, 1.165) is 26.3 Å². The first-order valence-electron chi connectivity index (χ1n) is 3.85. The van der Waals surface area contributed by atoms with Crippen LogP contribution in [0.4, 0.5) is 10.7 Å². The Balaban J connectivity index is 2.86. The topological polar surface area (TPSA) is 52.0 Å². The largest absolute Gasteiger partial charge is 0.398 e. The van der Waals surface area contributed by atoms with Crippen LogP contribution in [-0.4, -0.2) is 0 Å². The van der Waals surface area contributed by atoms with Crippen molar-refractivity contribution in [2.75, 3.05) is 11.5 Å². The molecule has 0 saturated carbocycles. The van der Waals surface area contributed by atoms with Crippen molar-refractivity contribution in [3.05, 3.63) is 23.8 Å². The van der Waals surface area contributed by atoms with Crippen molar-refractivity contribution in [2.45, 2.75) is 5.88 Å². The summed E-state index contributed by atoms with van der Waals surface area (Å²) in [5.74, 6) is 0.440.